The number of pyridine rings is 1. The number of nitrogens with zero attached hydrogens (tertiary/aromatic N) is 1. The van der Waals surface area contributed by atoms with Crippen LogP contribution in [0.25, 0.3) is 0 Å². The van der Waals surface area contributed by atoms with Gasteiger partial charge in [-0.3, -0.25) is 4.98 Å². The summed E-state index contributed by atoms with van der Waals surface area (Å²) in [6.45, 7) is 7.15. The van der Waals surface area contributed by atoms with E-state index in [1.165, 1.54) is 0 Å². The first kappa shape index (κ1) is 10.2. The molecule has 2 heteroatoms. The zero-order valence-electron chi connectivity index (χ0n) is 8.53. The van der Waals surface area contributed by atoms with Crippen LogP contribution in [0.4, 0.5) is 0 Å². The first-order chi connectivity index (χ1) is 6.20. The highest BCUT2D eigenvalue weighted by atomic mass is 16.5. The van der Waals surface area contributed by atoms with Crippen LogP contribution in [0.2, 0.25) is 0 Å². The topological polar surface area (TPSA) is 22.1 Å². The number of ether oxygens (including phenoxy) is 1. The van der Waals surface area contributed by atoms with Crippen LogP contribution in [-0.4, -0.2) is 11.6 Å². The van der Waals surface area contributed by atoms with Crippen molar-refractivity contribution in [2.75, 3.05) is 6.61 Å². The number of rotatable bonds is 4. The summed E-state index contributed by atoms with van der Waals surface area (Å²) in [5, 5.41) is 0. The fourth-order valence-electron chi connectivity index (χ4n) is 1.05. The molecule has 0 aliphatic heterocycles. The standard InChI is InChI=1S/C11H17NO/c1-9(2)8-13-10(3)11-5-4-6-12-7-11/h4-7,9-10H,8H2,1-3H3. The van der Waals surface area contributed by atoms with Crippen LogP contribution in [-0.2, 0) is 4.74 Å². The summed E-state index contributed by atoms with van der Waals surface area (Å²) in [6, 6.07) is 3.97. The molecule has 0 aliphatic carbocycles. The third-order valence-corrected chi connectivity index (χ3v) is 1.83. The van der Waals surface area contributed by atoms with Gasteiger partial charge in [0.2, 0.25) is 0 Å². The van der Waals surface area contributed by atoms with Gasteiger partial charge in [0, 0.05) is 19.0 Å². The Morgan fingerprint density at radius 3 is 2.69 bits per heavy atom. The minimum absolute atomic E-state index is 0.149. The molecule has 1 aromatic heterocycles. The zero-order valence-corrected chi connectivity index (χ0v) is 8.53. The Hall–Kier alpha value is -0.890. The second-order valence-electron chi connectivity index (χ2n) is 3.66. The van der Waals surface area contributed by atoms with Crippen molar-refractivity contribution in [1.82, 2.24) is 4.98 Å². The molecule has 0 amide bonds. The largest absolute Gasteiger partial charge is 0.373 e. The van der Waals surface area contributed by atoms with Crippen molar-refractivity contribution < 1.29 is 4.74 Å². The van der Waals surface area contributed by atoms with Gasteiger partial charge in [-0.25, -0.2) is 0 Å². The first-order valence-electron chi connectivity index (χ1n) is 4.71. The van der Waals surface area contributed by atoms with Crippen LogP contribution in [0.15, 0.2) is 24.5 Å². The van der Waals surface area contributed by atoms with Crippen LogP contribution in [0.1, 0.15) is 32.4 Å². The molecule has 0 saturated carbocycles. The molecule has 0 bridgehead atoms. The van der Waals surface area contributed by atoms with Gasteiger partial charge in [-0.2, -0.15) is 0 Å². The van der Waals surface area contributed by atoms with Gasteiger partial charge < -0.3 is 4.74 Å². The van der Waals surface area contributed by atoms with Crippen LogP contribution < -0.4 is 0 Å². The Kier molecular flexibility index (Phi) is 3.90. The maximum absolute atomic E-state index is 5.65. The van der Waals surface area contributed by atoms with Crippen molar-refractivity contribution in [2.45, 2.75) is 26.9 Å². The molecule has 0 aromatic carbocycles. The quantitative estimate of drug-likeness (QED) is 0.709. The second-order valence-corrected chi connectivity index (χ2v) is 3.66. The maximum atomic E-state index is 5.65. The van der Waals surface area contributed by atoms with E-state index in [9.17, 15) is 0 Å². The third-order valence-electron chi connectivity index (χ3n) is 1.83. The summed E-state index contributed by atoms with van der Waals surface area (Å²) in [6.07, 6.45) is 3.78. The van der Waals surface area contributed by atoms with Crippen molar-refractivity contribution in [2.24, 2.45) is 5.92 Å². The molecule has 1 rings (SSSR count). The molecule has 0 N–H and O–H groups in total. The summed E-state index contributed by atoms with van der Waals surface area (Å²) < 4.78 is 5.65. The van der Waals surface area contributed by atoms with Gasteiger partial charge in [-0.15, -0.1) is 0 Å². The molecule has 0 radical (unpaired) electrons. The van der Waals surface area contributed by atoms with Gasteiger partial charge in [0.25, 0.3) is 0 Å². The lowest BCUT2D eigenvalue weighted by Gasteiger charge is -2.14. The normalized spacial score (nSPS) is 13.2. The lowest BCUT2D eigenvalue weighted by atomic mass is 10.2. The van der Waals surface area contributed by atoms with Crippen molar-refractivity contribution in [3.63, 3.8) is 0 Å². The number of aromatic nitrogens is 1. The van der Waals surface area contributed by atoms with E-state index in [4.69, 9.17) is 4.74 Å². The van der Waals surface area contributed by atoms with Gasteiger partial charge in [-0.1, -0.05) is 19.9 Å². The molecule has 1 heterocycles. The molecule has 0 fully saturated rings. The molecule has 1 aromatic rings. The van der Waals surface area contributed by atoms with E-state index in [2.05, 4.69) is 25.8 Å². The molecule has 0 spiro atoms. The highest BCUT2D eigenvalue weighted by Crippen LogP contribution is 2.15. The number of hydrogen-bond acceptors (Lipinski definition) is 2. The van der Waals surface area contributed by atoms with Crippen LogP contribution in [0.5, 0.6) is 0 Å². The van der Waals surface area contributed by atoms with E-state index < -0.39 is 0 Å². The first-order valence-corrected chi connectivity index (χ1v) is 4.71. The number of hydrogen-bond donors (Lipinski definition) is 0. The Balaban J connectivity index is 2.44. The van der Waals surface area contributed by atoms with E-state index in [0.717, 1.165) is 12.2 Å². The third kappa shape index (κ3) is 3.55. The van der Waals surface area contributed by atoms with Gasteiger partial charge in [0.1, 0.15) is 0 Å². The minimum Gasteiger partial charge on any atom is -0.373 e. The van der Waals surface area contributed by atoms with Gasteiger partial charge in [-0.05, 0) is 24.5 Å². The summed E-state index contributed by atoms with van der Waals surface area (Å²) in [5.74, 6) is 0.583. The van der Waals surface area contributed by atoms with E-state index in [0.29, 0.717) is 5.92 Å². The fourth-order valence-corrected chi connectivity index (χ4v) is 1.05. The highest BCUT2D eigenvalue weighted by Gasteiger charge is 2.05. The van der Waals surface area contributed by atoms with Crippen LogP contribution in [0.3, 0.4) is 0 Å². The van der Waals surface area contributed by atoms with Gasteiger partial charge in [0.05, 0.1) is 6.10 Å². The molecule has 0 aliphatic rings. The molecular formula is C11H17NO. The van der Waals surface area contributed by atoms with Crippen LogP contribution >= 0.6 is 0 Å². The summed E-state index contributed by atoms with van der Waals surface area (Å²) >= 11 is 0. The molecule has 1 unspecified atom stereocenters. The van der Waals surface area contributed by atoms with Gasteiger partial charge in [0.15, 0.2) is 0 Å². The zero-order chi connectivity index (χ0) is 9.68. The van der Waals surface area contributed by atoms with Crippen molar-refractivity contribution in [3.8, 4) is 0 Å². The highest BCUT2D eigenvalue weighted by molar-refractivity contribution is 5.10. The fraction of sp³-hybridized carbons (Fsp3) is 0.545. The van der Waals surface area contributed by atoms with Crippen molar-refractivity contribution in [1.29, 1.82) is 0 Å². The Morgan fingerprint density at radius 1 is 1.38 bits per heavy atom. The lowest BCUT2D eigenvalue weighted by Crippen LogP contribution is -2.06. The monoisotopic (exact) mass is 179 g/mol. The Bertz CT molecular complexity index is 233. The smallest absolute Gasteiger partial charge is 0.0811 e. The summed E-state index contributed by atoms with van der Waals surface area (Å²) in [4.78, 5) is 4.05. The van der Waals surface area contributed by atoms with E-state index in [-0.39, 0.29) is 6.10 Å². The van der Waals surface area contributed by atoms with Gasteiger partial charge >= 0.3 is 0 Å². The Labute approximate surface area is 80.0 Å². The van der Waals surface area contributed by atoms with E-state index in [1.54, 1.807) is 6.20 Å². The second kappa shape index (κ2) is 4.97. The predicted molar refractivity (Wildman–Crippen MR) is 53.4 cm³/mol. The van der Waals surface area contributed by atoms with E-state index >= 15 is 0 Å². The lowest BCUT2D eigenvalue weighted by molar-refractivity contribution is 0.0468. The van der Waals surface area contributed by atoms with E-state index in [1.807, 2.05) is 18.3 Å². The maximum Gasteiger partial charge on any atom is 0.0811 e. The molecule has 0 saturated heterocycles. The average Bonchev–Trinajstić information content (AvgIpc) is 2.15. The minimum atomic E-state index is 0.149. The predicted octanol–water partition coefficient (Wildman–Crippen LogP) is 2.82. The average molecular weight is 179 g/mol. The van der Waals surface area contributed by atoms with Crippen LogP contribution in [0, 0.1) is 5.92 Å². The molecular weight excluding hydrogens is 162 g/mol. The Morgan fingerprint density at radius 2 is 2.15 bits per heavy atom. The summed E-state index contributed by atoms with van der Waals surface area (Å²) in [7, 11) is 0. The van der Waals surface area contributed by atoms with Crippen molar-refractivity contribution >= 4 is 0 Å². The SMILES string of the molecule is CC(C)COC(C)c1cccnc1. The molecule has 13 heavy (non-hydrogen) atoms. The van der Waals surface area contributed by atoms with Crippen molar-refractivity contribution in [3.05, 3.63) is 30.1 Å². The molecule has 72 valence electrons. The molecule has 2 nitrogen and oxygen atoms in total. The molecule has 1 atom stereocenters. The summed E-state index contributed by atoms with van der Waals surface area (Å²) in [5.41, 5.74) is 1.14.